The van der Waals surface area contributed by atoms with Gasteiger partial charge in [-0.1, -0.05) is 29.3 Å². The van der Waals surface area contributed by atoms with Gasteiger partial charge in [-0.25, -0.2) is 0 Å². The SMILES string of the molecule is O=C1Nc2cc(Cl)ccc2/C1=C\c1ccc(-c2ccc(Cl)cc2)o1. The predicted molar refractivity (Wildman–Crippen MR) is 97.1 cm³/mol. The first-order valence-corrected chi connectivity index (χ1v) is 8.04. The van der Waals surface area contributed by atoms with Crippen LogP contribution in [0.4, 0.5) is 5.69 Å². The van der Waals surface area contributed by atoms with Crippen LogP contribution in [0, 0.1) is 0 Å². The molecule has 3 nitrogen and oxygen atoms in total. The van der Waals surface area contributed by atoms with E-state index in [0.717, 1.165) is 11.1 Å². The third-order valence-corrected chi connectivity index (χ3v) is 4.29. The molecule has 5 heteroatoms. The normalized spacial score (nSPS) is 14.8. The van der Waals surface area contributed by atoms with Crippen LogP contribution in [0.25, 0.3) is 23.0 Å². The third kappa shape index (κ3) is 2.73. The zero-order valence-electron chi connectivity index (χ0n) is 12.3. The Morgan fingerprint density at radius 2 is 1.67 bits per heavy atom. The van der Waals surface area contributed by atoms with Gasteiger partial charge in [-0.05, 0) is 54.6 Å². The summed E-state index contributed by atoms with van der Waals surface area (Å²) in [5.74, 6) is 1.15. The summed E-state index contributed by atoms with van der Waals surface area (Å²) in [5, 5.41) is 4.06. The van der Waals surface area contributed by atoms with Crippen molar-refractivity contribution in [1.82, 2.24) is 0 Å². The van der Waals surface area contributed by atoms with E-state index in [0.29, 0.717) is 32.8 Å². The van der Waals surface area contributed by atoms with Crippen LogP contribution in [0.2, 0.25) is 10.0 Å². The maximum atomic E-state index is 12.2. The standard InChI is InChI=1S/C19H11Cl2NO2/c20-12-3-1-11(2-4-12)18-8-6-14(24-18)10-16-15-7-5-13(21)9-17(15)22-19(16)23/h1-10H,(H,22,23)/b16-10+. The molecule has 0 saturated heterocycles. The van der Waals surface area contributed by atoms with Gasteiger partial charge < -0.3 is 9.73 Å². The summed E-state index contributed by atoms with van der Waals surface area (Å²) in [7, 11) is 0. The zero-order chi connectivity index (χ0) is 16.7. The smallest absolute Gasteiger partial charge is 0.256 e. The van der Waals surface area contributed by atoms with Crippen LogP contribution >= 0.6 is 23.2 Å². The molecule has 1 aromatic heterocycles. The highest BCUT2D eigenvalue weighted by Gasteiger charge is 2.24. The van der Waals surface area contributed by atoms with E-state index in [1.807, 2.05) is 42.5 Å². The van der Waals surface area contributed by atoms with Crippen molar-refractivity contribution in [2.24, 2.45) is 0 Å². The van der Waals surface area contributed by atoms with Gasteiger partial charge in [0.1, 0.15) is 11.5 Å². The maximum absolute atomic E-state index is 12.2. The van der Waals surface area contributed by atoms with E-state index in [4.69, 9.17) is 27.6 Å². The fourth-order valence-corrected chi connectivity index (χ4v) is 2.95. The van der Waals surface area contributed by atoms with Crippen LogP contribution in [0.15, 0.2) is 59.0 Å². The summed E-state index contributed by atoms with van der Waals surface area (Å²) in [5.41, 5.74) is 3.00. The first kappa shape index (κ1) is 15.1. The number of fused-ring (bicyclic) bond motifs is 1. The fraction of sp³-hybridized carbons (Fsp3) is 0. The number of hydrogen-bond donors (Lipinski definition) is 1. The summed E-state index contributed by atoms with van der Waals surface area (Å²) < 4.78 is 5.83. The van der Waals surface area contributed by atoms with E-state index in [-0.39, 0.29) is 5.91 Å². The average Bonchev–Trinajstić information content (AvgIpc) is 3.13. The highest BCUT2D eigenvalue weighted by molar-refractivity contribution is 6.36. The second-order valence-corrected chi connectivity index (χ2v) is 6.28. The molecule has 4 rings (SSSR count). The quantitative estimate of drug-likeness (QED) is 0.595. The van der Waals surface area contributed by atoms with Gasteiger partial charge in [0.2, 0.25) is 0 Å². The molecule has 0 bridgehead atoms. The van der Waals surface area contributed by atoms with Crippen molar-refractivity contribution in [3.63, 3.8) is 0 Å². The van der Waals surface area contributed by atoms with Crippen LogP contribution in [-0.4, -0.2) is 5.91 Å². The van der Waals surface area contributed by atoms with E-state index in [2.05, 4.69) is 5.32 Å². The first-order chi connectivity index (χ1) is 11.6. The largest absolute Gasteiger partial charge is 0.457 e. The number of benzene rings is 2. The first-order valence-electron chi connectivity index (χ1n) is 7.29. The number of carbonyl (C=O) groups excluding carboxylic acids is 1. The summed E-state index contributed by atoms with van der Waals surface area (Å²) in [6.45, 7) is 0. The molecular formula is C19H11Cl2NO2. The number of carbonyl (C=O) groups is 1. The molecule has 0 spiro atoms. The van der Waals surface area contributed by atoms with E-state index in [9.17, 15) is 4.79 Å². The van der Waals surface area contributed by atoms with Gasteiger partial charge >= 0.3 is 0 Å². The molecule has 0 saturated carbocycles. The van der Waals surface area contributed by atoms with Gasteiger partial charge in [0, 0.05) is 21.2 Å². The van der Waals surface area contributed by atoms with Crippen LogP contribution in [0.1, 0.15) is 11.3 Å². The van der Waals surface area contributed by atoms with Gasteiger partial charge in [0.25, 0.3) is 5.91 Å². The van der Waals surface area contributed by atoms with E-state index in [1.54, 1.807) is 18.2 Å². The van der Waals surface area contributed by atoms with Crippen molar-refractivity contribution < 1.29 is 9.21 Å². The minimum Gasteiger partial charge on any atom is -0.457 e. The summed E-state index contributed by atoms with van der Waals surface area (Å²) >= 11 is 11.9. The second-order valence-electron chi connectivity index (χ2n) is 5.41. The molecule has 24 heavy (non-hydrogen) atoms. The monoisotopic (exact) mass is 355 g/mol. The second kappa shape index (κ2) is 5.86. The molecule has 0 fully saturated rings. The molecule has 0 aliphatic carbocycles. The molecule has 1 N–H and O–H groups in total. The fourth-order valence-electron chi connectivity index (χ4n) is 2.65. The molecule has 118 valence electrons. The van der Waals surface area contributed by atoms with Crippen molar-refractivity contribution in [1.29, 1.82) is 0 Å². The maximum Gasteiger partial charge on any atom is 0.256 e. The lowest BCUT2D eigenvalue weighted by molar-refractivity contribution is -0.110. The van der Waals surface area contributed by atoms with Crippen LogP contribution in [0.5, 0.6) is 0 Å². The number of amides is 1. The zero-order valence-corrected chi connectivity index (χ0v) is 13.9. The molecular weight excluding hydrogens is 345 g/mol. The predicted octanol–water partition coefficient (Wildman–Crippen LogP) is 5.75. The Kier molecular flexibility index (Phi) is 3.68. The summed E-state index contributed by atoms with van der Waals surface area (Å²) in [6, 6.07) is 16.4. The number of nitrogens with one attached hydrogen (secondary N) is 1. The van der Waals surface area contributed by atoms with Crippen molar-refractivity contribution in [3.8, 4) is 11.3 Å². The third-order valence-electron chi connectivity index (χ3n) is 3.81. The minimum atomic E-state index is -0.170. The van der Waals surface area contributed by atoms with Crippen molar-refractivity contribution in [2.75, 3.05) is 5.32 Å². The van der Waals surface area contributed by atoms with E-state index >= 15 is 0 Å². The molecule has 1 aliphatic heterocycles. The van der Waals surface area contributed by atoms with Gasteiger partial charge in [0.05, 0.1) is 11.3 Å². The topological polar surface area (TPSA) is 42.2 Å². The molecule has 0 atom stereocenters. The number of rotatable bonds is 2. The molecule has 3 aromatic rings. The molecule has 2 aromatic carbocycles. The lowest BCUT2D eigenvalue weighted by Gasteiger charge is -1.98. The summed E-state index contributed by atoms with van der Waals surface area (Å²) in [6.07, 6.45) is 1.73. The molecule has 1 amide bonds. The number of halogens is 2. The van der Waals surface area contributed by atoms with Crippen LogP contribution < -0.4 is 5.32 Å². The number of anilines is 1. The lowest BCUT2D eigenvalue weighted by atomic mass is 10.1. The molecule has 0 radical (unpaired) electrons. The van der Waals surface area contributed by atoms with Crippen LogP contribution in [-0.2, 0) is 4.79 Å². The highest BCUT2D eigenvalue weighted by Crippen LogP contribution is 2.35. The Morgan fingerprint density at radius 1 is 0.917 bits per heavy atom. The Morgan fingerprint density at radius 3 is 2.46 bits per heavy atom. The highest BCUT2D eigenvalue weighted by atomic mass is 35.5. The summed E-state index contributed by atoms with van der Waals surface area (Å²) in [4.78, 5) is 12.2. The van der Waals surface area contributed by atoms with Gasteiger partial charge in [0.15, 0.2) is 0 Å². The van der Waals surface area contributed by atoms with Crippen LogP contribution in [0.3, 0.4) is 0 Å². The molecule has 1 aliphatic rings. The molecule has 2 heterocycles. The van der Waals surface area contributed by atoms with E-state index in [1.165, 1.54) is 0 Å². The Hall–Kier alpha value is -2.49. The Bertz CT molecular complexity index is 971. The van der Waals surface area contributed by atoms with Gasteiger partial charge in [-0.15, -0.1) is 0 Å². The van der Waals surface area contributed by atoms with Crippen molar-refractivity contribution in [3.05, 3.63) is 76.0 Å². The van der Waals surface area contributed by atoms with Crippen molar-refractivity contribution >= 4 is 46.4 Å². The Labute approximate surface area is 148 Å². The molecule has 0 unspecified atom stereocenters. The minimum absolute atomic E-state index is 0.170. The lowest BCUT2D eigenvalue weighted by Crippen LogP contribution is -2.03. The van der Waals surface area contributed by atoms with Gasteiger partial charge in [-0.2, -0.15) is 0 Å². The number of furan rings is 1. The van der Waals surface area contributed by atoms with Gasteiger partial charge in [-0.3, -0.25) is 4.79 Å². The average molecular weight is 356 g/mol. The Balaban J connectivity index is 1.70. The van der Waals surface area contributed by atoms with E-state index < -0.39 is 0 Å². The van der Waals surface area contributed by atoms with Crippen molar-refractivity contribution in [2.45, 2.75) is 0 Å². The number of hydrogen-bond acceptors (Lipinski definition) is 2.